The molecule has 6 nitrogen and oxygen atoms in total. The van der Waals surface area contributed by atoms with Crippen LogP contribution in [-0.4, -0.2) is 26.9 Å². The number of aryl methyl sites for hydroxylation is 1. The first-order chi connectivity index (χ1) is 10.1. The molecule has 0 spiro atoms. The number of amides is 1. The number of hydrogen-bond acceptors (Lipinski definition) is 4. The number of nitrogens with zero attached hydrogens (tertiary/aromatic N) is 2. The highest BCUT2D eigenvalue weighted by atomic mass is 16.3. The lowest BCUT2D eigenvalue weighted by Gasteiger charge is -2.02. The first-order valence-corrected chi connectivity index (χ1v) is 6.85. The van der Waals surface area contributed by atoms with Gasteiger partial charge in [-0.3, -0.25) is 9.89 Å². The van der Waals surface area contributed by atoms with E-state index >= 15 is 0 Å². The van der Waals surface area contributed by atoms with Crippen molar-refractivity contribution in [1.29, 1.82) is 0 Å². The van der Waals surface area contributed by atoms with Gasteiger partial charge in [0, 0.05) is 11.3 Å². The molecule has 1 aliphatic carbocycles. The van der Waals surface area contributed by atoms with Crippen LogP contribution in [0.1, 0.15) is 40.7 Å². The lowest BCUT2D eigenvalue weighted by atomic mass is 10.1. The molecule has 0 saturated carbocycles. The Labute approximate surface area is 121 Å². The molecule has 1 aromatic carbocycles. The number of aromatic amines is 1. The molecule has 0 aliphatic heterocycles. The van der Waals surface area contributed by atoms with Crippen molar-refractivity contribution in [2.45, 2.75) is 26.2 Å². The van der Waals surface area contributed by atoms with Crippen molar-refractivity contribution in [2.75, 3.05) is 0 Å². The number of phenols is 1. The van der Waals surface area contributed by atoms with Gasteiger partial charge < -0.3 is 5.11 Å². The average Bonchev–Trinajstić information content (AvgIpc) is 3.08. The number of hydrazone groups is 1. The molecule has 21 heavy (non-hydrogen) atoms. The van der Waals surface area contributed by atoms with Crippen LogP contribution in [-0.2, 0) is 12.8 Å². The van der Waals surface area contributed by atoms with Gasteiger partial charge in [0.1, 0.15) is 5.75 Å². The Morgan fingerprint density at radius 1 is 1.33 bits per heavy atom. The SMILES string of the molecule is CC(=NNC(=O)c1n[nH]c2c1CCC2)c1ccc(O)cc1. The van der Waals surface area contributed by atoms with Gasteiger partial charge in [0.2, 0.25) is 0 Å². The first-order valence-electron chi connectivity index (χ1n) is 6.85. The van der Waals surface area contributed by atoms with Crippen LogP contribution in [0.2, 0.25) is 0 Å². The summed E-state index contributed by atoms with van der Waals surface area (Å²) in [7, 11) is 0. The summed E-state index contributed by atoms with van der Waals surface area (Å²) < 4.78 is 0. The molecular formula is C15H16N4O2. The second-order valence-corrected chi connectivity index (χ2v) is 5.07. The Kier molecular flexibility index (Phi) is 3.43. The summed E-state index contributed by atoms with van der Waals surface area (Å²) in [5, 5.41) is 20.3. The Balaban J connectivity index is 1.72. The topological polar surface area (TPSA) is 90.4 Å². The monoisotopic (exact) mass is 284 g/mol. The maximum Gasteiger partial charge on any atom is 0.292 e. The third-order valence-corrected chi connectivity index (χ3v) is 3.63. The van der Waals surface area contributed by atoms with Crippen molar-refractivity contribution in [2.24, 2.45) is 5.10 Å². The molecule has 3 rings (SSSR count). The Bertz CT molecular complexity index is 701. The standard InChI is InChI=1S/C15H16N4O2/c1-9(10-5-7-11(20)8-6-10)16-19-15(21)14-12-3-2-4-13(12)17-18-14/h5-8,20H,2-4H2,1H3,(H,17,18)(H,19,21). The molecule has 1 aliphatic rings. The molecule has 0 atom stereocenters. The van der Waals surface area contributed by atoms with Gasteiger partial charge in [0.05, 0.1) is 5.71 Å². The highest BCUT2D eigenvalue weighted by Crippen LogP contribution is 2.22. The van der Waals surface area contributed by atoms with Crippen LogP contribution in [0.15, 0.2) is 29.4 Å². The molecule has 1 heterocycles. The summed E-state index contributed by atoms with van der Waals surface area (Å²) in [5.41, 5.74) is 6.52. The Morgan fingerprint density at radius 3 is 2.86 bits per heavy atom. The summed E-state index contributed by atoms with van der Waals surface area (Å²) >= 11 is 0. The summed E-state index contributed by atoms with van der Waals surface area (Å²) in [6.45, 7) is 1.79. The number of aromatic hydroxyl groups is 1. The molecule has 0 saturated heterocycles. The van der Waals surface area contributed by atoms with E-state index in [0.717, 1.165) is 36.1 Å². The van der Waals surface area contributed by atoms with Gasteiger partial charge in [-0.25, -0.2) is 5.43 Å². The minimum Gasteiger partial charge on any atom is -0.508 e. The van der Waals surface area contributed by atoms with E-state index in [1.807, 2.05) is 0 Å². The van der Waals surface area contributed by atoms with E-state index in [0.29, 0.717) is 11.4 Å². The molecular weight excluding hydrogens is 268 g/mol. The summed E-state index contributed by atoms with van der Waals surface area (Å²) in [6, 6.07) is 6.65. The van der Waals surface area contributed by atoms with Crippen molar-refractivity contribution >= 4 is 11.6 Å². The number of carbonyl (C=O) groups excluding carboxylic acids is 1. The Hall–Kier alpha value is -2.63. The quantitative estimate of drug-likeness (QED) is 0.592. The van der Waals surface area contributed by atoms with Crippen LogP contribution in [0, 0.1) is 0 Å². The van der Waals surface area contributed by atoms with E-state index in [1.54, 1.807) is 31.2 Å². The highest BCUT2D eigenvalue weighted by Gasteiger charge is 2.22. The lowest BCUT2D eigenvalue weighted by molar-refractivity contribution is 0.0949. The average molecular weight is 284 g/mol. The van der Waals surface area contributed by atoms with Gasteiger partial charge in [0.15, 0.2) is 5.69 Å². The van der Waals surface area contributed by atoms with Crippen molar-refractivity contribution in [3.05, 3.63) is 46.8 Å². The lowest BCUT2D eigenvalue weighted by Crippen LogP contribution is -2.21. The summed E-state index contributed by atoms with van der Waals surface area (Å²) in [6.07, 6.45) is 2.89. The number of H-pyrrole nitrogens is 1. The van der Waals surface area contributed by atoms with E-state index in [-0.39, 0.29) is 11.7 Å². The Morgan fingerprint density at radius 2 is 2.10 bits per heavy atom. The highest BCUT2D eigenvalue weighted by molar-refractivity contribution is 6.00. The van der Waals surface area contributed by atoms with Crippen LogP contribution < -0.4 is 5.43 Å². The molecule has 0 bridgehead atoms. The number of fused-ring (bicyclic) bond motifs is 1. The van der Waals surface area contributed by atoms with E-state index in [2.05, 4.69) is 20.7 Å². The van der Waals surface area contributed by atoms with Crippen LogP contribution in [0.4, 0.5) is 0 Å². The van der Waals surface area contributed by atoms with Crippen molar-refractivity contribution in [1.82, 2.24) is 15.6 Å². The van der Waals surface area contributed by atoms with Crippen LogP contribution >= 0.6 is 0 Å². The molecule has 108 valence electrons. The zero-order valence-corrected chi connectivity index (χ0v) is 11.7. The zero-order valence-electron chi connectivity index (χ0n) is 11.7. The predicted molar refractivity (Wildman–Crippen MR) is 78.4 cm³/mol. The normalized spacial score (nSPS) is 14.0. The molecule has 0 radical (unpaired) electrons. The third kappa shape index (κ3) is 2.65. The van der Waals surface area contributed by atoms with Gasteiger partial charge in [-0.05, 0) is 56.0 Å². The number of aromatic nitrogens is 2. The second-order valence-electron chi connectivity index (χ2n) is 5.07. The molecule has 3 N–H and O–H groups in total. The van der Waals surface area contributed by atoms with Crippen LogP contribution in [0.3, 0.4) is 0 Å². The number of carbonyl (C=O) groups is 1. The summed E-state index contributed by atoms with van der Waals surface area (Å²) in [4.78, 5) is 12.1. The van der Waals surface area contributed by atoms with E-state index < -0.39 is 0 Å². The number of nitrogens with one attached hydrogen (secondary N) is 2. The third-order valence-electron chi connectivity index (χ3n) is 3.63. The van der Waals surface area contributed by atoms with E-state index in [1.165, 1.54) is 0 Å². The smallest absolute Gasteiger partial charge is 0.292 e. The number of phenolic OH excluding ortho intramolecular Hbond substituents is 1. The molecule has 6 heteroatoms. The molecule has 0 unspecified atom stereocenters. The van der Waals surface area contributed by atoms with Crippen LogP contribution in [0.25, 0.3) is 0 Å². The van der Waals surface area contributed by atoms with Crippen LogP contribution in [0.5, 0.6) is 5.75 Å². The minimum absolute atomic E-state index is 0.197. The largest absolute Gasteiger partial charge is 0.508 e. The minimum atomic E-state index is -0.299. The van der Waals surface area contributed by atoms with Gasteiger partial charge >= 0.3 is 0 Å². The van der Waals surface area contributed by atoms with Crippen molar-refractivity contribution < 1.29 is 9.90 Å². The first kappa shape index (κ1) is 13.4. The number of benzene rings is 1. The van der Waals surface area contributed by atoms with Crippen molar-refractivity contribution in [3.8, 4) is 5.75 Å². The molecule has 1 aromatic heterocycles. The molecule has 1 amide bonds. The number of rotatable bonds is 3. The summed E-state index contributed by atoms with van der Waals surface area (Å²) in [5.74, 6) is -0.102. The zero-order chi connectivity index (χ0) is 14.8. The fourth-order valence-electron chi connectivity index (χ4n) is 2.46. The van der Waals surface area contributed by atoms with Gasteiger partial charge in [-0.2, -0.15) is 10.2 Å². The molecule has 0 fully saturated rings. The predicted octanol–water partition coefficient (Wildman–Crippen LogP) is 1.76. The maximum absolute atomic E-state index is 12.1. The fourth-order valence-corrected chi connectivity index (χ4v) is 2.46. The van der Waals surface area contributed by atoms with E-state index in [9.17, 15) is 9.90 Å². The van der Waals surface area contributed by atoms with Gasteiger partial charge in [-0.1, -0.05) is 0 Å². The number of hydrogen-bond donors (Lipinski definition) is 3. The van der Waals surface area contributed by atoms with Crippen molar-refractivity contribution in [3.63, 3.8) is 0 Å². The fraction of sp³-hybridized carbons (Fsp3) is 0.267. The van der Waals surface area contributed by atoms with E-state index in [4.69, 9.17) is 0 Å². The van der Waals surface area contributed by atoms with Gasteiger partial charge in [0.25, 0.3) is 5.91 Å². The molecule has 2 aromatic rings. The maximum atomic E-state index is 12.1. The van der Waals surface area contributed by atoms with Gasteiger partial charge in [-0.15, -0.1) is 0 Å². The second kappa shape index (κ2) is 5.40.